The highest BCUT2D eigenvalue weighted by Gasteiger charge is 2.38. The molecule has 1 aliphatic carbocycles. The maximum atomic E-state index is 12.8. The number of aromatic nitrogens is 2. The van der Waals surface area contributed by atoms with Gasteiger partial charge in [-0.2, -0.15) is 0 Å². The van der Waals surface area contributed by atoms with Gasteiger partial charge in [0.2, 0.25) is 5.91 Å². The maximum absolute atomic E-state index is 12.8. The van der Waals surface area contributed by atoms with Gasteiger partial charge in [-0.05, 0) is 56.6 Å². The van der Waals surface area contributed by atoms with Gasteiger partial charge in [-0.3, -0.25) is 14.2 Å². The van der Waals surface area contributed by atoms with E-state index < -0.39 is 17.7 Å². The van der Waals surface area contributed by atoms with Gasteiger partial charge in [-0.1, -0.05) is 12.1 Å². The summed E-state index contributed by atoms with van der Waals surface area (Å²) in [7, 11) is 0. The number of carboxylic acid groups (broad SMARTS) is 1. The number of hydrogen-bond donors (Lipinski definition) is 2. The van der Waals surface area contributed by atoms with Gasteiger partial charge < -0.3 is 15.0 Å². The molecule has 1 aromatic heterocycles. The Hall–Kier alpha value is -2.90. The lowest BCUT2D eigenvalue weighted by atomic mass is 9.81. The Balaban J connectivity index is 1.43. The quantitative estimate of drug-likeness (QED) is 0.810. The molecule has 8 heteroatoms. The average Bonchev–Trinajstić information content (AvgIpc) is 3.21. The van der Waals surface area contributed by atoms with Gasteiger partial charge in [-0.25, -0.2) is 9.59 Å². The predicted molar refractivity (Wildman–Crippen MR) is 107 cm³/mol. The van der Waals surface area contributed by atoms with E-state index >= 15 is 0 Å². The van der Waals surface area contributed by atoms with Crippen molar-refractivity contribution in [2.45, 2.75) is 51.1 Å². The number of para-hydroxylation sites is 1. The lowest BCUT2D eigenvalue weighted by Crippen LogP contribution is -2.44. The number of aromatic amines is 1. The predicted octanol–water partition coefficient (Wildman–Crippen LogP) is 1.57. The molecule has 1 saturated carbocycles. The highest BCUT2D eigenvalue weighted by Crippen LogP contribution is 2.32. The van der Waals surface area contributed by atoms with Crippen molar-refractivity contribution in [3.63, 3.8) is 0 Å². The van der Waals surface area contributed by atoms with Crippen LogP contribution in [-0.4, -0.2) is 44.0 Å². The summed E-state index contributed by atoms with van der Waals surface area (Å²) >= 11 is 0. The van der Waals surface area contributed by atoms with Crippen molar-refractivity contribution in [1.29, 1.82) is 0 Å². The molecule has 1 unspecified atom stereocenters. The zero-order valence-corrected chi connectivity index (χ0v) is 16.2. The summed E-state index contributed by atoms with van der Waals surface area (Å²) in [6.45, 7) is 0.846. The second-order valence-corrected chi connectivity index (χ2v) is 8.14. The van der Waals surface area contributed by atoms with Gasteiger partial charge in [0.25, 0.3) is 5.56 Å². The van der Waals surface area contributed by atoms with E-state index in [1.165, 1.54) is 9.47 Å². The third kappa shape index (κ3) is 3.71. The fourth-order valence-corrected chi connectivity index (χ4v) is 4.74. The molecule has 1 aromatic carbocycles. The van der Waals surface area contributed by atoms with Crippen LogP contribution < -0.4 is 11.2 Å². The van der Waals surface area contributed by atoms with Crippen LogP contribution in [0.15, 0.2) is 33.9 Å². The van der Waals surface area contributed by atoms with Crippen LogP contribution in [0.4, 0.5) is 0 Å². The van der Waals surface area contributed by atoms with Crippen molar-refractivity contribution in [3.8, 4) is 0 Å². The van der Waals surface area contributed by atoms with Crippen LogP contribution >= 0.6 is 0 Å². The zero-order valence-electron chi connectivity index (χ0n) is 16.2. The van der Waals surface area contributed by atoms with Gasteiger partial charge in [0.15, 0.2) is 0 Å². The fourth-order valence-electron chi connectivity index (χ4n) is 4.74. The summed E-state index contributed by atoms with van der Waals surface area (Å²) in [5.74, 6) is -1.01. The van der Waals surface area contributed by atoms with E-state index in [2.05, 4.69) is 4.98 Å². The van der Waals surface area contributed by atoms with Gasteiger partial charge >= 0.3 is 11.7 Å². The molecule has 2 fully saturated rings. The van der Waals surface area contributed by atoms with Crippen LogP contribution in [-0.2, 0) is 16.1 Å². The van der Waals surface area contributed by atoms with Crippen LogP contribution in [0, 0.1) is 11.8 Å². The molecule has 2 aromatic rings. The van der Waals surface area contributed by atoms with Crippen LogP contribution in [0.1, 0.15) is 38.5 Å². The van der Waals surface area contributed by atoms with Crippen molar-refractivity contribution >= 4 is 22.8 Å². The molecule has 2 aliphatic rings. The Morgan fingerprint density at radius 1 is 1.07 bits per heavy atom. The molecule has 1 saturated heterocycles. The Bertz CT molecular complexity index is 1050. The monoisotopic (exact) mass is 399 g/mol. The molecule has 1 atom stereocenters. The standard InChI is InChI=1S/C21H25N3O5/c25-18(23-11-3-6-17(23)20(27)28)14-9-7-13(8-10-14)12-24-19(26)15-4-1-2-5-16(15)22-21(24)29/h1-2,4-5,13-14,17H,3,6-12H2,(H,22,29)(H,27,28). The Labute approximate surface area is 167 Å². The molecular weight excluding hydrogens is 374 g/mol. The number of amides is 1. The average molecular weight is 399 g/mol. The largest absolute Gasteiger partial charge is 0.480 e. The third-order valence-electron chi connectivity index (χ3n) is 6.35. The molecule has 0 radical (unpaired) electrons. The zero-order chi connectivity index (χ0) is 20.5. The molecular formula is C21H25N3O5. The topological polar surface area (TPSA) is 112 Å². The molecule has 1 amide bonds. The molecule has 29 heavy (non-hydrogen) atoms. The van der Waals surface area contributed by atoms with E-state index in [0.29, 0.717) is 43.3 Å². The van der Waals surface area contributed by atoms with Gasteiger partial charge in [-0.15, -0.1) is 0 Å². The molecule has 154 valence electrons. The molecule has 0 spiro atoms. The lowest BCUT2D eigenvalue weighted by molar-refractivity contribution is -0.150. The number of nitrogens with one attached hydrogen (secondary N) is 1. The first-order valence-corrected chi connectivity index (χ1v) is 10.2. The van der Waals surface area contributed by atoms with Crippen molar-refractivity contribution in [2.24, 2.45) is 11.8 Å². The number of aliphatic carboxylic acids is 1. The third-order valence-corrected chi connectivity index (χ3v) is 6.35. The summed E-state index contributed by atoms with van der Waals surface area (Å²) in [6.07, 6.45) is 4.04. The second kappa shape index (κ2) is 7.85. The first-order chi connectivity index (χ1) is 14.0. The number of carbonyl (C=O) groups is 2. The van der Waals surface area contributed by atoms with Crippen LogP contribution in [0.5, 0.6) is 0 Å². The summed E-state index contributed by atoms with van der Waals surface area (Å²) in [5, 5.41) is 9.80. The smallest absolute Gasteiger partial charge is 0.328 e. The number of likely N-dealkylation sites (tertiary alicyclic amines) is 1. The van der Waals surface area contributed by atoms with E-state index in [1.54, 1.807) is 24.3 Å². The number of rotatable bonds is 4. The summed E-state index contributed by atoms with van der Waals surface area (Å²) in [4.78, 5) is 53.5. The number of carbonyl (C=O) groups excluding carboxylic acids is 1. The molecule has 2 heterocycles. The highest BCUT2D eigenvalue weighted by atomic mass is 16.4. The van der Waals surface area contributed by atoms with E-state index in [0.717, 1.165) is 19.3 Å². The number of carboxylic acids is 1. The van der Waals surface area contributed by atoms with E-state index in [9.17, 15) is 24.3 Å². The number of hydrogen-bond acceptors (Lipinski definition) is 4. The van der Waals surface area contributed by atoms with Crippen LogP contribution in [0.25, 0.3) is 10.9 Å². The minimum atomic E-state index is -0.931. The first kappa shape index (κ1) is 19.4. The maximum Gasteiger partial charge on any atom is 0.328 e. The highest BCUT2D eigenvalue weighted by molar-refractivity contribution is 5.85. The molecule has 1 aliphatic heterocycles. The van der Waals surface area contributed by atoms with E-state index in [-0.39, 0.29) is 23.3 Å². The van der Waals surface area contributed by atoms with Crippen molar-refractivity contribution in [3.05, 3.63) is 45.1 Å². The summed E-state index contributed by atoms with van der Waals surface area (Å²) in [5.41, 5.74) is -0.163. The Morgan fingerprint density at radius 3 is 2.52 bits per heavy atom. The van der Waals surface area contributed by atoms with Crippen LogP contribution in [0.2, 0.25) is 0 Å². The minimum Gasteiger partial charge on any atom is -0.480 e. The number of fused-ring (bicyclic) bond motifs is 1. The van der Waals surface area contributed by atoms with Crippen molar-refractivity contribution in [2.75, 3.05) is 6.54 Å². The van der Waals surface area contributed by atoms with E-state index in [4.69, 9.17) is 0 Å². The SMILES string of the molecule is O=C(O)C1CCCN1C(=O)C1CCC(Cn2c(=O)[nH]c3ccccc3c2=O)CC1. The lowest BCUT2D eigenvalue weighted by Gasteiger charge is -2.32. The molecule has 8 nitrogen and oxygen atoms in total. The van der Waals surface area contributed by atoms with Gasteiger partial charge in [0.05, 0.1) is 10.9 Å². The first-order valence-electron chi connectivity index (χ1n) is 10.2. The molecule has 0 bridgehead atoms. The number of H-pyrrole nitrogens is 1. The van der Waals surface area contributed by atoms with Crippen LogP contribution in [0.3, 0.4) is 0 Å². The van der Waals surface area contributed by atoms with Gasteiger partial charge in [0, 0.05) is 19.0 Å². The van der Waals surface area contributed by atoms with Gasteiger partial charge in [0.1, 0.15) is 6.04 Å². The molecule has 4 rings (SSSR count). The van der Waals surface area contributed by atoms with Crippen molar-refractivity contribution < 1.29 is 14.7 Å². The minimum absolute atomic E-state index is 0.0610. The number of nitrogens with zero attached hydrogens (tertiary/aromatic N) is 2. The van der Waals surface area contributed by atoms with Crippen molar-refractivity contribution in [1.82, 2.24) is 14.5 Å². The van der Waals surface area contributed by atoms with E-state index in [1.807, 2.05) is 0 Å². The fraction of sp³-hybridized carbons (Fsp3) is 0.524. The summed E-state index contributed by atoms with van der Waals surface area (Å²) in [6, 6.07) is 6.26. The Morgan fingerprint density at radius 2 is 1.79 bits per heavy atom. The summed E-state index contributed by atoms with van der Waals surface area (Å²) < 4.78 is 1.26. The number of benzene rings is 1. The second-order valence-electron chi connectivity index (χ2n) is 8.14. The normalized spacial score (nSPS) is 24.7. The molecule has 2 N–H and O–H groups in total. The Kier molecular flexibility index (Phi) is 5.25.